The van der Waals surface area contributed by atoms with Crippen molar-refractivity contribution in [2.24, 2.45) is 45.6 Å². The van der Waals surface area contributed by atoms with Crippen LogP contribution in [-0.2, 0) is 0 Å². The fourth-order valence-electron chi connectivity index (χ4n) is 4.47. The summed E-state index contributed by atoms with van der Waals surface area (Å²) in [5.41, 5.74) is 22.9. The number of rotatable bonds is 14. The molecule has 0 spiro atoms. The Hall–Kier alpha value is -3.84. The second kappa shape index (κ2) is 22.6. The molecule has 2 rings (SSSR count). The number of carboxylic acids is 4. The van der Waals surface area contributed by atoms with Crippen LogP contribution in [-0.4, -0.2) is 70.5 Å². The minimum Gasteiger partial charge on any atom is -0.478 e. The molecule has 0 bridgehead atoms. The molecular weight excluding hydrogens is 592 g/mol. The molecule has 0 saturated carbocycles. The molecule has 0 heterocycles. The SMILES string of the molecule is CC(CCN)CC(C)(C)CN.CC(CN)CC(C)(C)CCN.O=C(O)c1ccc(C(=O)O)cc1.O=C(O)c1cccc(C(=O)O)c1. The van der Waals surface area contributed by atoms with Gasteiger partial charge in [-0.3, -0.25) is 0 Å². The van der Waals surface area contributed by atoms with E-state index < -0.39 is 23.9 Å². The third-order valence-corrected chi connectivity index (χ3v) is 6.97. The van der Waals surface area contributed by atoms with Gasteiger partial charge in [0.1, 0.15) is 0 Å². The van der Waals surface area contributed by atoms with Gasteiger partial charge >= 0.3 is 23.9 Å². The van der Waals surface area contributed by atoms with Gasteiger partial charge in [0.25, 0.3) is 0 Å². The highest BCUT2D eigenvalue weighted by molar-refractivity contribution is 5.93. The van der Waals surface area contributed by atoms with E-state index in [1.807, 2.05) is 0 Å². The number of carboxylic acid groups (broad SMARTS) is 4. The summed E-state index contributed by atoms with van der Waals surface area (Å²) in [4.78, 5) is 41.4. The molecule has 0 aliphatic carbocycles. The van der Waals surface area contributed by atoms with Gasteiger partial charge in [-0.2, -0.15) is 0 Å². The van der Waals surface area contributed by atoms with Crippen LogP contribution in [0.4, 0.5) is 0 Å². The Morgan fingerprint density at radius 3 is 1.30 bits per heavy atom. The van der Waals surface area contributed by atoms with Gasteiger partial charge in [0.2, 0.25) is 0 Å². The highest BCUT2D eigenvalue weighted by Crippen LogP contribution is 2.28. The number of carbonyl (C=O) groups is 4. The maximum absolute atomic E-state index is 10.4. The topological polar surface area (TPSA) is 253 Å². The Labute approximate surface area is 273 Å². The van der Waals surface area contributed by atoms with Gasteiger partial charge in [-0.1, -0.05) is 47.6 Å². The molecule has 12 heteroatoms. The van der Waals surface area contributed by atoms with Crippen molar-refractivity contribution in [2.45, 2.75) is 67.2 Å². The lowest BCUT2D eigenvalue weighted by Crippen LogP contribution is -2.26. The maximum Gasteiger partial charge on any atom is 0.335 e. The Balaban J connectivity index is 0. The lowest BCUT2D eigenvalue weighted by atomic mass is 9.81. The Kier molecular flexibility index (Phi) is 21.8. The second-order valence-electron chi connectivity index (χ2n) is 12.9. The summed E-state index contributed by atoms with van der Waals surface area (Å²) in [6.45, 7) is 16.5. The van der Waals surface area contributed by atoms with Crippen LogP contribution in [0.15, 0.2) is 48.5 Å². The van der Waals surface area contributed by atoms with E-state index in [4.69, 9.17) is 43.4 Å². The first-order chi connectivity index (χ1) is 21.2. The van der Waals surface area contributed by atoms with Crippen LogP contribution in [0.3, 0.4) is 0 Å². The van der Waals surface area contributed by atoms with E-state index in [1.54, 1.807) is 0 Å². The van der Waals surface area contributed by atoms with Crippen LogP contribution in [0.2, 0.25) is 0 Å². The van der Waals surface area contributed by atoms with E-state index in [2.05, 4.69) is 41.5 Å². The maximum atomic E-state index is 10.4. The van der Waals surface area contributed by atoms with Gasteiger partial charge in [-0.05, 0) is 117 Å². The number of hydrogen-bond donors (Lipinski definition) is 8. The normalized spacial score (nSPS) is 12.0. The molecular formula is C34H56N4O8. The summed E-state index contributed by atoms with van der Waals surface area (Å²) in [5.74, 6) is -3.05. The molecule has 0 fully saturated rings. The lowest BCUT2D eigenvalue weighted by Gasteiger charge is -2.26. The van der Waals surface area contributed by atoms with Gasteiger partial charge in [0.05, 0.1) is 22.3 Å². The summed E-state index contributed by atoms with van der Waals surface area (Å²) >= 11 is 0. The average molecular weight is 649 g/mol. The molecule has 260 valence electrons. The number of hydrogen-bond acceptors (Lipinski definition) is 8. The standard InChI is InChI=1S/2C9H22N2.2C8H6O4/c1-8(7-11)6-9(2,3)4-5-10;1-8(4-5-10)6-9(2,3)7-11;9-7(10)5-1-2-6(4-3-5)8(11)12;9-7(10)5-2-1-3-6(4-5)8(11)12/h2*8H,4-7,10-11H2,1-3H3;2*1-4H,(H,9,10)(H,11,12). The van der Waals surface area contributed by atoms with Gasteiger partial charge in [-0.25, -0.2) is 19.2 Å². The minimum absolute atomic E-state index is 0.0186. The second-order valence-corrected chi connectivity index (χ2v) is 12.9. The molecule has 0 aromatic heterocycles. The van der Waals surface area contributed by atoms with Crippen molar-refractivity contribution < 1.29 is 39.6 Å². The highest BCUT2D eigenvalue weighted by atomic mass is 16.4. The van der Waals surface area contributed by atoms with Crippen molar-refractivity contribution in [2.75, 3.05) is 26.2 Å². The average Bonchev–Trinajstić information content (AvgIpc) is 2.97. The van der Waals surface area contributed by atoms with Crippen LogP contribution in [0.5, 0.6) is 0 Å². The zero-order valence-corrected chi connectivity index (χ0v) is 28.2. The van der Waals surface area contributed by atoms with Crippen molar-refractivity contribution >= 4 is 23.9 Å². The predicted molar refractivity (Wildman–Crippen MR) is 181 cm³/mol. The fourth-order valence-corrected chi connectivity index (χ4v) is 4.47. The first kappa shape index (κ1) is 44.3. The zero-order valence-electron chi connectivity index (χ0n) is 28.2. The van der Waals surface area contributed by atoms with E-state index in [9.17, 15) is 19.2 Å². The van der Waals surface area contributed by atoms with Crippen molar-refractivity contribution in [3.05, 3.63) is 70.8 Å². The molecule has 0 aliphatic heterocycles. The van der Waals surface area contributed by atoms with Crippen molar-refractivity contribution in [1.29, 1.82) is 0 Å². The summed E-state index contributed by atoms with van der Waals surface area (Å²) in [6.07, 6.45) is 4.57. The summed E-state index contributed by atoms with van der Waals surface area (Å²) in [6, 6.07) is 10.2. The van der Waals surface area contributed by atoms with E-state index in [1.165, 1.54) is 55.3 Å². The first-order valence-corrected chi connectivity index (χ1v) is 15.2. The van der Waals surface area contributed by atoms with Gasteiger partial charge in [0.15, 0.2) is 0 Å². The van der Waals surface area contributed by atoms with Gasteiger partial charge < -0.3 is 43.4 Å². The number of nitrogens with two attached hydrogens (primary N) is 4. The zero-order chi connectivity index (χ0) is 36.1. The third kappa shape index (κ3) is 21.0. The fraction of sp³-hybridized carbons (Fsp3) is 0.529. The summed E-state index contributed by atoms with van der Waals surface area (Å²) in [7, 11) is 0. The molecule has 2 aromatic rings. The molecule has 2 atom stereocenters. The monoisotopic (exact) mass is 648 g/mol. The van der Waals surface area contributed by atoms with Crippen LogP contribution in [0.1, 0.15) is 109 Å². The van der Waals surface area contributed by atoms with Crippen molar-refractivity contribution in [3.63, 3.8) is 0 Å². The minimum atomic E-state index is -1.13. The van der Waals surface area contributed by atoms with Crippen molar-refractivity contribution in [1.82, 2.24) is 0 Å². The Morgan fingerprint density at radius 1 is 0.609 bits per heavy atom. The quantitative estimate of drug-likeness (QED) is 0.137. The number of benzene rings is 2. The Bertz CT molecular complexity index is 1140. The third-order valence-electron chi connectivity index (χ3n) is 6.97. The van der Waals surface area contributed by atoms with Crippen molar-refractivity contribution in [3.8, 4) is 0 Å². The molecule has 0 aliphatic rings. The van der Waals surface area contributed by atoms with Gasteiger partial charge in [0, 0.05) is 0 Å². The van der Waals surface area contributed by atoms with Crippen LogP contribution < -0.4 is 22.9 Å². The molecule has 46 heavy (non-hydrogen) atoms. The first-order valence-electron chi connectivity index (χ1n) is 15.2. The van der Waals surface area contributed by atoms with Crippen LogP contribution in [0.25, 0.3) is 0 Å². The van der Waals surface area contributed by atoms with E-state index in [0.717, 1.165) is 45.1 Å². The smallest absolute Gasteiger partial charge is 0.335 e. The molecule has 12 nitrogen and oxygen atoms in total. The molecule has 0 amide bonds. The van der Waals surface area contributed by atoms with E-state index >= 15 is 0 Å². The predicted octanol–water partition coefficient (Wildman–Crippen LogP) is 4.86. The molecule has 0 saturated heterocycles. The Morgan fingerprint density at radius 2 is 1.00 bits per heavy atom. The van der Waals surface area contributed by atoms with Crippen LogP contribution >= 0.6 is 0 Å². The molecule has 2 unspecified atom stereocenters. The molecule has 12 N–H and O–H groups in total. The summed E-state index contributed by atoms with van der Waals surface area (Å²) < 4.78 is 0. The molecule has 2 aromatic carbocycles. The highest BCUT2D eigenvalue weighted by Gasteiger charge is 2.19. The van der Waals surface area contributed by atoms with Gasteiger partial charge in [-0.15, -0.1) is 0 Å². The summed E-state index contributed by atoms with van der Waals surface area (Å²) in [5, 5.41) is 33.9. The van der Waals surface area contributed by atoms with E-state index in [-0.39, 0.29) is 27.7 Å². The van der Waals surface area contributed by atoms with E-state index in [0.29, 0.717) is 17.3 Å². The molecule has 0 radical (unpaired) electrons. The number of aromatic carboxylic acids is 4. The lowest BCUT2D eigenvalue weighted by molar-refractivity contribution is 0.0681. The largest absolute Gasteiger partial charge is 0.478 e. The van der Waals surface area contributed by atoms with Crippen LogP contribution in [0, 0.1) is 22.7 Å².